The molecule has 0 aromatic heterocycles. The van der Waals surface area contributed by atoms with E-state index in [9.17, 15) is 4.79 Å². The third kappa shape index (κ3) is 8.50. The zero-order valence-electron chi connectivity index (χ0n) is 17.0. The third-order valence-electron chi connectivity index (χ3n) is 5.06. The average Bonchev–Trinajstić information content (AvgIpc) is 2.46. The summed E-state index contributed by atoms with van der Waals surface area (Å²) < 4.78 is 0. The molecule has 0 bridgehead atoms. The molecular formula is C21H42N2O. The van der Waals surface area contributed by atoms with E-state index in [2.05, 4.69) is 44.8 Å². The standard InChI is InChI=1S/C21H42N2O/c1-18(2)13-11-9-7-6-8-10-12-14-22-20(24)21(5)16-23(17-21)15-19(3)4/h18-19H,6-17H2,1-5H3,(H,22,24). The van der Waals surface area contributed by atoms with Crippen LogP contribution in [0.1, 0.15) is 86.0 Å². The van der Waals surface area contributed by atoms with Crippen LogP contribution in [0.25, 0.3) is 0 Å². The van der Waals surface area contributed by atoms with Crippen molar-refractivity contribution in [1.82, 2.24) is 10.2 Å². The third-order valence-corrected chi connectivity index (χ3v) is 5.06. The number of carbonyl (C=O) groups excluding carboxylic acids is 1. The predicted molar refractivity (Wildman–Crippen MR) is 104 cm³/mol. The minimum Gasteiger partial charge on any atom is -0.356 e. The molecule has 1 N–H and O–H groups in total. The Kier molecular flexibility index (Phi) is 9.95. The topological polar surface area (TPSA) is 32.3 Å². The molecule has 0 aromatic rings. The zero-order valence-corrected chi connectivity index (χ0v) is 17.0. The number of rotatable bonds is 13. The number of hydrogen-bond donors (Lipinski definition) is 1. The van der Waals surface area contributed by atoms with Gasteiger partial charge in [-0.1, -0.05) is 72.6 Å². The number of hydrogen-bond acceptors (Lipinski definition) is 2. The Morgan fingerprint density at radius 1 is 0.917 bits per heavy atom. The predicted octanol–water partition coefficient (Wildman–Crippen LogP) is 4.86. The molecule has 1 rings (SSSR count). The van der Waals surface area contributed by atoms with Gasteiger partial charge in [-0.05, 0) is 25.2 Å². The Morgan fingerprint density at radius 3 is 2.00 bits per heavy atom. The molecule has 0 saturated carbocycles. The van der Waals surface area contributed by atoms with Crippen molar-refractivity contribution in [3.63, 3.8) is 0 Å². The van der Waals surface area contributed by atoms with E-state index in [1.165, 1.54) is 44.9 Å². The van der Waals surface area contributed by atoms with E-state index in [4.69, 9.17) is 0 Å². The lowest BCUT2D eigenvalue weighted by Gasteiger charge is -2.47. The van der Waals surface area contributed by atoms with Gasteiger partial charge in [0.25, 0.3) is 0 Å². The normalized spacial score (nSPS) is 17.3. The van der Waals surface area contributed by atoms with Gasteiger partial charge in [-0.2, -0.15) is 0 Å². The van der Waals surface area contributed by atoms with Crippen molar-refractivity contribution in [3.05, 3.63) is 0 Å². The summed E-state index contributed by atoms with van der Waals surface area (Å²) in [5.41, 5.74) is -0.148. The number of amides is 1. The summed E-state index contributed by atoms with van der Waals surface area (Å²) in [7, 11) is 0. The maximum atomic E-state index is 12.3. The molecule has 1 amide bonds. The molecule has 142 valence electrons. The van der Waals surface area contributed by atoms with Gasteiger partial charge in [0, 0.05) is 26.2 Å². The van der Waals surface area contributed by atoms with Crippen LogP contribution in [0.5, 0.6) is 0 Å². The van der Waals surface area contributed by atoms with Crippen molar-refractivity contribution < 1.29 is 4.79 Å². The maximum Gasteiger partial charge on any atom is 0.228 e. The van der Waals surface area contributed by atoms with Crippen LogP contribution in [-0.4, -0.2) is 37.0 Å². The SMILES string of the molecule is CC(C)CCCCCCCCCNC(=O)C1(C)CN(CC(C)C)C1. The van der Waals surface area contributed by atoms with Crippen LogP contribution >= 0.6 is 0 Å². The monoisotopic (exact) mass is 338 g/mol. The molecule has 0 atom stereocenters. The molecule has 3 heteroatoms. The van der Waals surface area contributed by atoms with E-state index < -0.39 is 0 Å². The Labute approximate surface area is 151 Å². The molecule has 1 fully saturated rings. The van der Waals surface area contributed by atoms with Crippen LogP contribution < -0.4 is 5.32 Å². The van der Waals surface area contributed by atoms with Gasteiger partial charge in [-0.25, -0.2) is 0 Å². The van der Waals surface area contributed by atoms with Gasteiger partial charge in [-0.15, -0.1) is 0 Å². The number of nitrogens with zero attached hydrogens (tertiary/aromatic N) is 1. The highest BCUT2D eigenvalue weighted by molar-refractivity contribution is 5.83. The molecule has 3 nitrogen and oxygen atoms in total. The first kappa shape index (κ1) is 21.5. The molecule has 1 aliphatic heterocycles. The Bertz CT molecular complexity index is 346. The molecule has 0 aromatic carbocycles. The van der Waals surface area contributed by atoms with Crippen LogP contribution in [0.3, 0.4) is 0 Å². The minimum absolute atomic E-state index is 0.148. The second-order valence-electron chi connectivity index (χ2n) is 9.04. The first-order chi connectivity index (χ1) is 11.3. The largest absolute Gasteiger partial charge is 0.356 e. The average molecular weight is 339 g/mol. The van der Waals surface area contributed by atoms with Crippen molar-refractivity contribution in [3.8, 4) is 0 Å². The van der Waals surface area contributed by atoms with Gasteiger partial charge in [0.1, 0.15) is 0 Å². The fourth-order valence-electron chi connectivity index (χ4n) is 3.71. The summed E-state index contributed by atoms with van der Waals surface area (Å²) in [5.74, 6) is 1.79. The minimum atomic E-state index is -0.148. The van der Waals surface area contributed by atoms with E-state index >= 15 is 0 Å². The highest BCUT2D eigenvalue weighted by atomic mass is 16.2. The molecule has 1 saturated heterocycles. The summed E-state index contributed by atoms with van der Waals surface area (Å²) >= 11 is 0. The molecule has 0 aliphatic carbocycles. The smallest absolute Gasteiger partial charge is 0.228 e. The molecule has 1 heterocycles. The fraction of sp³-hybridized carbons (Fsp3) is 0.952. The lowest BCUT2D eigenvalue weighted by Crippen LogP contribution is -2.62. The summed E-state index contributed by atoms with van der Waals surface area (Å²) in [6, 6.07) is 0. The van der Waals surface area contributed by atoms with E-state index in [1.54, 1.807) is 0 Å². The van der Waals surface area contributed by atoms with Crippen LogP contribution in [0, 0.1) is 17.3 Å². The lowest BCUT2D eigenvalue weighted by molar-refractivity contribution is -0.140. The maximum absolute atomic E-state index is 12.3. The van der Waals surface area contributed by atoms with Crippen LogP contribution in [-0.2, 0) is 4.79 Å². The number of nitrogens with one attached hydrogen (secondary N) is 1. The summed E-state index contributed by atoms with van der Waals surface area (Å²) in [6.07, 6.45) is 10.6. The molecule has 0 radical (unpaired) electrons. The quantitative estimate of drug-likeness (QED) is 0.487. The van der Waals surface area contributed by atoms with E-state index in [1.807, 2.05) is 0 Å². The number of carbonyl (C=O) groups is 1. The van der Waals surface area contributed by atoms with Crippen LogP contribution in [0.4, 0.5) is 0 Å². The summed E-state index contributed by atoms with van der Waals surface area (Å²) in [6.45, 7) is 15.0. The van der Waals surface area contributed by atoms with Crippen molar-refractivity contribution in [1.29, 1.82) is 0 Å². The van der Waals surface area contributed by atoms with E-state index in [-0.39, 0.29) is 11.3 Å². The van der Waals surface area contributed by atoms with Gasteiger partial charge in [0.2, 0.25) is 5.91 Å². The van der Waals surface area contributed by atoms with Gasteiger partial charge >= 0.3 is 0 Å². The summed E-state index contributed by atoms with van der Waals surface area (Å²) in [5, 5.41) is 3.16. The second kappa shape index (κ2) is 11.1. The summed E-state index contributed by atoms with van der Waals surface area (Å²) in [4.78, 5) is 14.7. The van der Waals surface area contributed by atoms with Crippen LogP contribution in [0.2, 0.25) is 0 Å². The number of likely N-dealkylation sites (tertiary alicyclic amines) is 1. The van der Waals surface area contributed by atoms with Crippen molar-refractivity contribution in [2.24, 2.45) is 17.3 Å². The highest BCUT2D eigenvalue weighted by Crippen LogP contribution is 2.30. The van der Waals surface area contributed by atoms with Gasteiger partial charge in [0.15, 0.2) is 0 Å². The zero-order chi connectivity index (χ0) is 18.0. The molecule has 24 heavy (non-hydrogen) atoms. The van der Waals surface area contributed by atoms with Crippen LogP contribution in [0.15, 0.2) is 0 Å². The fourth-order valence-corrected chi connectivity index (χ4v) is 3.71. The van der Waals surface area contributed by atoms with Crippen molar-refractivity contribution >= 4 is 5.91 Å². The van der Waals surface area contributed by atoms with E-state index in [0.29, 0.717) is 5.92 Å². The molecule has 0 unspecified atom stereocenters. The molecular weight excluding hydrogens is 296 g/mol. The first-order valence-corrected chi connectivity index (χ1v) is 10.3. The van der Waals surface area contributed by atoms with Gasteiger partial charge in [-0.3, -0.25) is 4.79 Å². The van der Waals surface area contributed by atoms with E-state index in [0.717, 1.165) is 38.5 Å². The molecule has 0 spiro atoms. The molecule has 1 aliphatic rings. The van der Waals surface area contributed by atoms with Gasteiger partial charge < -0.3 is 10.2 Å². The Hall–Kier alpha value is -0.570. The van der Waals surface area contributed by atoms with Crippen molar-refractivity contribution in [2.45, 2.75) is 86.0 Å². The van der Waals surface area contributed by atoms with Gasteiger partial charge in [0.05, 0.1) is 5.41 Å². The second-order valence-corrected chi connectivity index (χ2v) is 9.04. The highest BCUT2D eigenvalue weighted by Gasteiger charge is 2.44. The number of unbranched alkanes of at least 4 members (excludes halogenated alkanes) is 6. The Morgan fingerprint density at radius 2 is 1.46 bits per heavy atom. The first-order valence-electron chi connectivity index (χ1n) is 10.3. The Balaban J connectivity index is 1.93. The van der Waals surface area contributed by atoms with Crippen molar-refractivity contribution in [2.75, 3.05) is 26.2 Å². The lowest BCUT2D eigenvalue weighted by atomic mass is 9.80.